The fourth-order valence-corrected chi connectivity index (χ4v) is 3.41. The number of hydrogen-bond donors (Lipinski definition) is 1. The smallest absolute Gasteiger partial charge is 0.0300 e. The predicted molar refractivity (Wildman–Crippen MR) is 82.5 cm³/mol. The second-order valence-electron chi connectivity index (χ2n) is 6.90. The third kappa shape index (κ3) is 3.04. The SMILES string of the molecule is Cc1cnccc1CN1CC(C2CC2)NCC1C(C)C. The van der Waals surface area contributed by atoms with Crippen molar-refractivity contribution in [1.29, 1.82) is 0 Å². The molecule has 0 amide bonds. The van der Waals surface area contributed by atoms with Crippen molar-refractivity contribution in [2.75, 3.05) is 13.1 Å². The minimum atomic E-state index is 0.651. The fraction of sp³-hybridized carbons (Fsp3) is 0.706. The van der Waals surface area contributed by atoms with Gasteiger partial charge in [0.2, 0.25) is 0 Å². The van der Waals surface area contributed by atoms with E-state index in [1.165, 1.54) is 30.5 Å². The first-order valence-corrected chi connectivity index (χ1v) is 8.02. The van der Waals surface area contributed by atoms with Gasteiger partial charge in [-0.15, -0.1) is 0 Å². The second-order valence-corrected chi connectivity index (χ2v) is 6.90. The molecule has 110 valence electrons. The molecule has 2 aliphatic rings. The lowest BCUT2D eigenvalue weighted by atomic mass is 9.96. The Kier molecular flexibility index (Phi) is 4.08. The Balaban J connectivity index is 1.73. The summed E-state index contributed by atoms with van der Waals surface area (Å²) in [7, 11) is 0. The van der Waals surface area contributed by atoms with Gasteiger partial charge >= 0.3 is 0 Å². The highest BCUT2D eigenvalue weighted by molar-refractivity contribution is 5.21. The summed E-state index contributed by atoms with van der Waals surface area (Å²) < 4.78 is 0. The van der Waals surface area contributed by atoms with Gasteiger partial charge in [-0.1, -0.05) is 13.8 Å². The first-order valence-electron chi connectivity index (χ1n) is 8.02. The van der Waals surface area contributed by atoms with Gasteiger partial charge in [0.05, 0.1) is 0 Å². The zero-order valence-electron chi connectivity index (χ0n) is 13.0. The van der Waals surface area contributed by atoms with E-state index in [0.717, 1.165) is 19.0 Å². The van der Waals surface area contributed by atoms with Crippen molar-refractivity contribution < 1.29 is 0 Å². The maximum Gasteiger partial charge on any atom is 0.0300 e. The van der Waals surface area contributed by atoms with E-state index in [2.05, 4.69) is 42.0 Å². The molecule has 2 heterocycles. The van der Waals surface area contributed by atoms with E-state index in [0.29, 0.717) is 18.0 Å². The van der Waals surface area contributed by atoms with Crippen molar-refractivity contribution in [3.05, 3.63) is 29.6 Å². The molecular weight excluding hydrogens is 246 g/mol. The summed E-state index contributed by atoms with van der Waals surface area (Å²) >= 11 is 0. The van der Waals surface area contributed by atoms with Gasteiger partial charge in [0, 0.05) is 44.1 Å². The molecule has 1 aliphatic heterocycles. The Labute approximate surface area is 122 Å². The maximum atomic E-state index is 4.21. The van der Waals surface area contributed by atoms with Gasteiger partial charge < -0.3 is 5.32 Å². The van der Waals surface area contributed by atoms with E-state index < -0.39 is 0 Å². The van der Waals surface area contributed by atoms with Crippen molar-refractivity contribution in [3.8, 4) is 0 Å². The van der Waals surface area contributed by atoms with Crippen LogP contribution in [0.25, 0.3) is 0 Å². The Hall–Kier alpha value is -0.930. The average molecular weight is 273 g/mol. The summed E-state index contributed by atoms with van der Waals surface area (Å²) in [5, 5.41) is 3.79. The second kappa shape index (κ2) is 5.82. The summed E-state index contributed by atoms with van der Waals surface area (Å²) in [6.07, 6.45) is 6.76. The molecular formula is C17H27N3. The zero-order valence-corrected chi connectivity index (χ0v) is 13.0. The van der Waals surface area contributed by atoms with Crippen molar-refractivity contribution >= 4 is 0 Å². The number of nitrogens with one attached hydrogen (secondary N) is 1. The monoisotopic (exact) mass is 273 g/mol. The summed E-state index contributed by atoms with van der Waals surface area (Å²) in [5.74, 6) is 1.63. The largest absolute Gasteiger partial charge is 0.311 e. The van der Waals surface area contributed by atoms with Crippen molar-refractivity contribution in [2.24, 2.45) is 11.8 Å². The van der Waals surface area contributed by atoms with E-state index in [1.54, 1.807) is 0 Å². The molecule has 2 fully saturated rings. The molecule has 0 radical (unpaired) electrons. The summed E-state index contributed by atoms with van der Waals surface area (Å²) in [6.45, 7) is 10.3. The van der Waals surface area contributed by atoms with Gasteiger partial charge in [-0.3, -0.25) is 9.88 Å². The Morgan fingerprint density at radius 3 is 2.85 bits per heavy atom. The third-order valence-electron chi connectivity index (χ3n) is 4.96. The number of piperazine rings is 1. The molecule has 1 aromatic rings. The summed E-state index contributed by atoms with van der Waals surface area (Å²) in [5.41, 5.74) is 2.75. The number of hydrogen-bond acceptors (Lipinski definition) is 3. The van der Waals surface area contributed by atoms with E-state index in [-0.39, 0.29) is 0 Å². The quantitative estimate of drug-likeness (QED) is 0.914. The molecule has 2 atom stereocenters. The number of aromatic nitrogens is 1. The van der Waals surface area contributed by atoms with Gasteiger partial charge in [-0.05, 0) is 48.8 Å². The van der Waals surface area contributed by atoms with Crippen LogP contribution in [0.3, 0.4) is 0 Å². The van der Waals surface area contributed by atoms with Crippen LogP contribution >= 0.6 is 0 Å². The Morgan fingerprint density at radius 2 is 2.20 bits per heavy atom. The van der Waals surface area contributed by atoms with Crippen molar-refractivity contribution in [3.63, 3.8) is 0 Å². The standard InChI is InChI=1S/C17H27N3/c1-12(2)17-9-19-16(14-4-5-14)11-20(17)10-15-6-7-18-8-13(15)3/h6-8,12,14,16-17,19H,4-5,9-11H2,1-3H3. The fourth-order valence-electron chi connectivity index (χ4n) is 3.41. The predicted octanol–water partition coefficient (Wildman–Crippen LogP) is 2.60. The van der Waals surface area contributed by atoms with Crippen LogP contribution in [0.2, 0.25) is 0 Å². The van der Waals surface area contributed by atoms with Crippen LogP contribution in [-0.4, -0.2) is 35.1 Å². The van der Waals surface area contributed by atoms with Gasteiger partial charge in [0.1, 0.15) is 0 Å². The highest BCUT2D eigenvalue weighted by Gasteiger charge is 2.37. The van der Waals surface area contributed by atoms with Crippen molar-refractivity contribution in [1.82, 2.24) is 15.2 Å². The summed E-state index contributed by atoms with van der Waals surface area (Å²) in [6, 6.07) is 3.55. The molecule has 1 aliphatic carbocycles. The summed E-state index contributed by atoms with van der Waals surface area (Å²) in [4.78, 5) is 6.92. The van der Waals surface area contributed by atoms with Gasteiger partial charge in [0.25, 0.3) is 0 Å². The Morgan fingerprint density at radius 1 is 1.40 bits per heavy atom. The zero-order chi connectivity index (χ0) is 14.1. The number of aryl methyl sites for hydroxylation is 1. The highest BCUT2D eigenvalue weighted by Crippen LogP contribution is 2.35. The van der Waals surface area contributed by atoms with Crippen LogP contribution in [0.15, 0.2) is 18.5 Å². The minimum absolute atomic E-state index is 0.651. The number of pyridine rings is 1. The van der Waals surface area contributed by atoms with Crippen LogP contribution in [0.5, 0.6) is 0 Å². The molecule has 2 unspecified atom stereocenters. The van der Waals surface area contributed by atoms with Crippen molar-refractivity contribution in [2.45, 2.75) is 52.2 Å². The lowest BCUT2D eigenvalue weighted by Crippen LogP contribution is -2.58. The topological polar surface area (TPSA) is 28.2 Å². The van der Waals surface area contributed by atoms with Gasteiger partial charge in [-0.25, -0.2) is 0 Å². The normalized spacial score (nSPS) is 28.0. The molecule has 0 spiro atoms. The van der Waals surface area contributed by atoms with E-state index in [1.807, 2.05) is 12.4 Å². The van der Waals surface area contributed by atoms with E-state index >= 15 is 0 Å². The van der Waals surface area contributed by atoms with Gasteiger partial charge in [0.15, 0.2) is 0 Å². The molecule has 3 heteroatoms. The first kappa shape index (κ1) is 14.0. The van der Waals surface area contributed by atoms with Gasteiger partial charge in [-0.2, -0.15) is 0 Å². The maximum absolute atomic E-state index is 4.21. The van der Waals surface area contributed by atoms with Crippen LogP contribution in [-0.2, 0) is 6.54 Å². The van der Waals surface area contributed by atoms with E-state index in [9.17, 15) is 0 Å². The third-order valence-corrected chi connectivity index (χ3v) is 4.96. The minimum Gasteiger partial charge on any atom is -0.311 e. The number of nitrogens with zero attached hydrogens (tertiary/aromatic N) is 2. The molecule has 1 N–H and O–H groups in total. The molecule has 3 rings (SSSR count). The lowest BCUT2D eigenvalue weighted by molar-refractivity contribution is 0.0850. The lowest BCUT2D eigenvalue weighted by Gasteiger charge is -2.43. The van der Waals surface area contributed by atoms with Crippen LogP contribution in [0, 0.1) is 18.8 Å². The Bertz CT molecular complexity index is 453. The highest BCUT2D eigenvalue weighted by atomic mass is 15.2. The molecule has 1 aromatic heterocycles. The average Bonchev–Trinajstić information content (AvgIpc) is 3.25. The molecule has 0 bridgehead atoms. The molecule has 3 nitrogen and oxygen atoms in total. The molecule has 1 saturated carbocycles. The van der Waals surface area contributed by atoms with Crippen LogP contribution in [0.1, 0.15) is 37.8 Å². The van der Waals surface area contributed by atoms with Crippen LogP contribution < -0.4 is 5.32 Å². The number of rotatable bonds is 4. The first-order chi connectivity index (χ1) is 9.65. The van der Waals surface area contributed by atoms with E-state index in [4.69, 9.17) is 0 Å². The molecule has 0 aromatic carbocycles. The van der Waals surface area contributed by atoms with Crippen LogP contribution in [0.4, 0.5) is 0 Å². The molecule has 20 heavy (non-hydrogen) atoms. The molecule has 1 saturated heterocycles.